The van der Waals surface area contributed by atoms with E-state index in [-0.39, 0.29) is 12.1 Å². The van der Waals surface area contributed by atoms with Crippen LogP contribution in [-0.4, -0.2) is 52.1 Å². The highest BCUT2D eigenvalue weighted by molar-refractivity contribution is 7.13. The van der Waals surface area contributed by atoms with Gasteiger partial charge in [-0.1, -0.05) is 11.2 Å². The molecule has 1 aromatic rings. The molecule has 1 aliphatic heterocycles. The number of hydrogen-bond acceptors (Lipinski definition) is 7. The Bertz CT molecular complexity index is 564. The number of nitrogens with zero attached hydrogens (tertiary/aromatic N) is 1. The van der Waals surface area contributed by atoms with E-state index in [1.165, 1.54) is 11.3 Å². The molecule has 4 N–H and O–H groups in total. The van der Waals surface area contributed by atoms with Crippen molar-refractivity contribution in [2.24, 2.45) is 5.16 Å². The van der Waals surface area contributed by atoms with Crippen molar-refractivity contribution in [3.05, 3.63) is 22.4 Å². The van der Waals surface area contributed by atoms with Crippen LogP contribution in [0, 0.1) is 0 Å². The molecule has 8 nitrogen and oxygen atoms in total. The second-order valence-electron chi connectivity index (χ2n) is 4.83. The minimum absolute atomic E-state index is 0.144. The maximum Gasteiger partial charge on any atom is 0.478 e. The molecule has 0 radical (unpaired) electrons. The van der Waals surface area contributed by atoms with Crippen LogP contribution >= 0.6 is 11.3 Å². The summed E-state index contributed by atoms with van der Waals surface area (Å²) in [5.41, 5.74) is -0.144. The fraction of sp³-hybridized carbons (Fsp3) is 0.417. The first kappa shape index (κ1) is 16.5. The molecule has 118 valence electrons. The van der Waals surface area contributed by atoms with Gasteiger partial charge in [-0.2, -0.15) is 0 Å². The van der Waals surface area contributed by atoms with Gasteiger partial charge in [-0.05, 0) is 24.3 Å². The SMILES string of the molecule is O=C(O)C[C@@H]1CC[C@H](NC(=O)/C(=N/O)c2cccs2)B(O)O1. The molecule has 1 aliphatic rings. The molecular weight excluding hydrogens is 311 g/mol. The van der Waals surface area contributed by atoms with Gasteiger partial charge in [0.15, 0.2) is 5.71 Å². The monoisotopic (exact) mass is 326 g/mol. The second-order valence-corrected chi connectivity index (χ2v) is 5.78. The lowest BCUT2D eigenvalue weighted by Gasteiger charge is -2.30. The highest BCUT2D eigenvalue weighted by Crippen LogP contribution is 2.19. The third-order valence-electron chi connectivity index (χ3n) is 3.26. The number of carbonyl (C=O) groups excluding carboxylic acids is 1. The van der Waals surface area contributed by atoms with Crippen molar-refractivity contribution in [2.75, 3.05) is 0 Å². The first-order valence-electron chi connectivity index (χ1n) is 6.63. The third kappa shape index (κ3) is 4.06. The van der Waals surface area contributed by atoms with Gasteiger partial charge in [-0.25, -0.2) is 0 Å². The Hall–Kier alpha value is -1.91. The summed E-state index contributed by atoms with van der Waals surface area (Å²) in [5.74, 6) is -2.32. The summed E-state index contributed by atoms with van der Waals surface area (Å²) < 4.78 is 5.17. The molecule has 0 aromatic carbocycles. The van der Waals surface area contributed by atoms with Gasteiger partial charge in [-0.3, -0.25) is 9.59 Å². The normalized spacial score (nSPS) is 22.4. The van der Waals surface area contributed by atoms with Gasteiger partial charge in [0.1, 0.15) is 0 Å². The van der Waals surface area contributed by atoms with Crippen LogP contribution in [0.1, 0.15) is 24.1 Å². The lowest BCUT2D eigenvalue weighted by Crippen LogP contribution is -2.54. The number of aliphatic carboxylic acids is 1. The van der Waals surface area contributed by atoms with E-state index in [1.54, 1.807) is 17.5 Å². The summed E-state index contributed by atoms with van der Waals surface area (Å²) in [4.78, 5) is 23.2. The van der Waals surface area contributed by atoms with Crippen LogP contribution in [0.3, 0.4) is 0 Å². The van der Waals surface area contributed by atoms with E-state index in [2.05, 4.69) is 10.5 Å². The van der Waals surface area contributed by atoms with Gasteiger partial charge in [-0.15, -0.1) is 11.3 Å². The zero-order chi connectivity index (χ0) is 16.1. The molecule has 1 saturated heterocycles. The molecule has 0 spiro atoms. The lowest BCUT2D eigenvalue weighted by atomic mass is 9.72. The Morgan fingerprint density at radius 2 is 2.27 bits per heavy atom. The first-order chi connectivity index (χ1) is 10.5. The number of thiophene rings is 1. The molecule has 10 heteroatoms. The zero-order valence-electron chi connectivity index (χ0n) is 11.5. The highest BCUT2D eigenvalue weighted by Gasteiger charge is 2.37. The van der Waals surface area contributed by atoms with Gasteiger partial charge in [0.2, 0.25) is 0 Å². The van der Waals surface area contributed by atoms with Crippen LogP contribution in [0.4, 0.5) is 0 Å². The lowest BCUT2D eigenvalue weighted by molar-refractivity contribution is -0.139. The molecule has 0 bridgehead atoms. The Morgan fingerprint density at radius 3 is 2.82 bits per heavy atom. The quantitative estimate of drug-likeness (QED) is 0.263. The maximum atomic E-state index is 12.1. The highest BCUT2D eigenvalue weighted by atomic mass is 32.1. The fourth-order valence-electron chi connectivity index (χ4n) is 2.21. The summed E-state index contributed by atoms with van der Waals surface area (Å²) in [5, 5.41) is 34.8. The Balaban J connectivity index is 1.94. The van der Waals surface area contributed by atoms with E-state index in [0.29, 0.717) is 17.7 Å². The average molecular weight is 326 g/mol. The van der Waals surface area contributed by atoms with Crippen molar-refractivity contribution in [3.8, 4) is 0 Å². The van der Waals surface area contributed by atoms with E-state index in [4.69, 9.17) is 15.0 Å². The third-order valence-corrected chi connectivity index (χ3v) is 4.14. The number of carboxylic acids is 1. The van der Waals surface area contributed by atoms with Gasteiger partial charge >= 0.3 is 13.1 Å². The van der Waals surface area contributed by atoms with E-state index in [0.717, 1.165) is 0 Å². The minimum atomic E-state index is -1.30. The number of nitrogens with one attached hydrogen (secondary N) is 1. The predicted molar refractivity (Wildman–Crippen MR) is 78.9 cm³/mol. The van der Waals surface area contributed by atoms with Crippen molar-refractivity contribution >= 4 is 36.0 Å². The molecule has 2 rings (SSSR count). The number of rotatable bonds is 5. The fourth-order valence-corrected chi connectivity index (χ4v) is 2.92. The van der Waals surface area contributed by atoms with Gasteiger partial charge < -0.3 is 25.3 Å². The smallest absolute Gasteiger partial charge is 0.478 e. The van der Waals surface area contributed by atoms with E-state index in [1.807, 2.05) is 0 Å². The molecule has 1 aromatic heterocycles. The molecule has 1 amide bonds. The Labute approximate surface area is 130 Å². The molecule has 2 atom stereocenters. The van der Waals surface area contributed by atoms with Crippen LogP contribution in [0.5, 0.6) is 0 Å². The summed E-state index contributed by atoms with van der Waals surface area (Å²) in [6.45, 7) is 0. The van der Waals surface area contributed by atoms with E-state index < -0.39 is 31.0 Å². The van der Waals surface area contributed by atoms with Crippen molar-refractivity contribution in [3.63, 3.8) is 0 Å². The summed E-state index contributed by atoms with van der Waals surface area (Å²) in [6, 6.07) is 3.35. The maximum absolute atomic E-state index is 12.1. The van der Waals surface area contributed by atoms with Gasteiger partial charge in [0, 0.05) is 0 Å². The number of carbonyl (C=O) groups is 2. The van der Waals surface area contributed by atoms with Crippen LogP contribution in [0.25, 0.3) is 0 Å². The van der Waals surface area contributed by atoms with Crippen LogP contribution in [0.15, 0.2) is 22.7 Å². The second kappa shape index (κ2) is 7.39. The molecule has 2 heterocycles. The Morgan fingerprint density at radius 1 is 1.50 bits per heavy atom. The van der Waals surface area contributed by atoms with E-state index in [9.17, 15) is 14.6 Å². The van der Waals surface area contributed by atoms with Crippen molar-refractivity contribution in [1.29, 1.82) is 0 Å². The largest absolute Gasteiger partial charge is 0.481 e. The van der Waals surface area contributed by atoms with Crippen LogP contribution < -0.4 is 5.32 Å². The predicted octanol–water partition coefficient (Wildman–Crippen LogP) is 0.0846. The van der Waals surface area contributed by atoms with Crippen molar-refractivity contribution in [1.82, 2.24) is 5.32 Å². The van der Waals surface area contributed by atoms with Crippen LogP contribution in [0.2, 0.25) is 0 Å². The van der Waals surface area contributed by atoms with E-state index >= 15 is 0 Å². The standard InChI is InChI=1S/C12H15BN2O6S/c16-10(17)6-7-3-4-9(13(19)21-7)14-12(18)11(15-20)8-2-1-5-22-8/h1-2,5,7,9,19-20H,3-4,6H2,(H,14,18)(H,16,17)/b15-11+/t7-,9-/m0/s1. The number of amides is 1. The molecule has 1 fully saturated rings. The molecule has 0 unspecified atom stereocenters. The van der Waals surface area contributed by atoms with Crippen molar-refractivity contribution in [2.45, 2.75) is 31.3 Å². The summed E-state index contributed by atoms with van der Waals surface area (Å²) in [6.07, 6.45) is -0.00710. The number of hydrogen-bond donors (Lipinski definition) is 4. The minimum Gasteiger partial charge on any atom is -0.481 e. The molecule has 0 saturated carbocycles. The Kier molecular flexibility index (Phi) is 5.53. The summed E-state index contributed by atoms with van der Waals surface area (Å²) >= 11 is 1.24. The number of carboxylic acid groups (broad SMARTS) is 1. The number of oxime groups is 1. The first-order valence-corrected chi connectivity index (χ1v) is 7.51. The van der Waals surface area contributed by atoms with Crippen LogP contribution in [-0.2, 0) is 14.2 Å². The zero-order valence-corrected chi connectivity index (χ0v) is 12.3. The van der Waals surface area contributed by atoms with Gasteiger partial charge in [0.05, 0.1) is 23.3 Å². The summed E-state index contributed by atoms with van der Waals surface area (Å²) in [7, 11) is -1.30. The molecule has 0 aliphatic carbocycles. The molecular formula is C12H15BN2O6S. The van der Waals surface area contributed by atoms with Crippen molar-refractivity contribution < 1.29 is 29.6 Å². The van der Waals surface area contributed by atoms with Gasteiger partial charge in [0.25, 0.3) is 5.91 Å². The average Bonchev–Trinajstić information content (AvgIpc) is 2.96. The topological polar surface area (TPSA) is 128 Å². The molecule has 22 heavy (non-hydrogen) atoms.